The molecule has 2 atom stereocenters. The van der Waals surface area contributed by atoms with E-state index in [0.29, 0.717) is 40.1 Å². The number of carbonyl (C=O) groups excluding carboxylic acids is 2. The van der Waals surface area contributed by atoms with E-state index in [0.717, 1.165) is 16.7 Å². The number of carbonyl (C=O) groups is 2. The molecule has 0 radical (unpaired) electrons. The summed E-state index contributed by atoms with van der Waals surface area (Å²) in [5.41, 5.74) is 5.84. The smallest absolute Gasteiger partial charge is 0.337 e. The lowest BCUT2D eigenvalue weighted by Gasteiger charge is -2.30. The van der Waals surface area contributed by atoms with Crippen LogP contribution in [0.4, 0.5) is 0 Å². The van der Waals surface area contributed by atoms with Gasteiger partial charge in [-0.15, -0.1) is 0 Å². The predicted octanol–water partition coefficient (Wildman–Crippen LogP) is 5.00. The molecule has 5 nitrogen and oxygen atoms in total. The highest BCUT2D eigenvalue weighted by molar-refractivity contribution is 6.22. The topological polar surface area (TPSA) is 79.2 Å². The molecule has 0 bridgehead atoms. The summed E-state index contributed by atoms with van der Waals surface area (Å²) in [5, 5.41) is 13.2. The lowest BCUT2D eigenvalue weighted by molar-refractivity contribution is -0.143. The Morgan fingerprint density at radius 2 is 1.77 bits per heavy atom. The van der Waals surface area contributed by atoms with Crippen molar-refractivity contribution in [2.75, 3.05) is 0 Å². The minimum absolute atomic E-state index is 0.0370. The van der Waals surface area contributed by atoms with Gasteiger partial charge in [0.15, 0.2) is 5.78 Å². The molecule has 0 fully saturated rings. The number of nitrogens with zero attached hydrogens (tertiary/aromatic N) is 1. The maximum Gasteiger partial charge on any atom is 0.337 e. The highest BCUT2D eigenvalue weighted by Crippen LogP contribution is 2.47. The molecule has 5 heteroatoms. The van der Waals surface area contributed by atoms with Gasteiger partial charge in [-0.2, -0.15) is 5.26 Å². The van der Waals surface area contributed by atoms with Crippen molar-refractivity contribution in [1.82, 2.24) is 5.32 Å². The number of rotatable bonds is 4. The molecule has 156 valence electrons. The third-order valence-electron chi connectivity index (χ3n) is 6.08. The zero-order valence-corrected chi connectivity index (χ0v) is 18.1. The van der Waals surface area contributed by atoms with Crippen LogP contribution in [-0.4, -0.2) is 17.9 Å². The van der Waals surface area contributed by atoms with E-state index in [9.17, 15) is 14.9 Å². The summed E-state index contributed by atoms with van der Waals surface area (Å²) in [7, 11) is 0. The SMILES string of the molecule is CC[C@H](C)OC(=O)C1=C(C)NC(C)=C(C#N)C1c1cccc2c1-c1ccccc1C2=O. The summed E-state index contributed by atoms with van der Waals surface area (Å²) in [6, 6.07) is 15.3. The number of hydrogen-bond acceptors (Lipinski definition) is 5. The molecule has 1 aliphatic carbocycles. The van der Waals surface area contributed by atoms with Crippen LogP contribution in [0.5, 0.6) is 0 Å². The lowest BCUT2D eigenvalue weighted by atomic mass is 9.78. The van der Waals surface area contributed by atoms with Gasteiger partial charge in [0.05, 0.1) is 29.2 Å². The molecule has 0 amide bonds. The Labute approximate surface area is 182 Å². The predicted molar refractivity (Wildman–Crippen MR) is 118 cm³/mol. The Balaban J connectivity index is 1.96. The van der Waals surface area contributed by atoms with Crippen molar-refractivity contribution in [3.05, 3.63) is 81.7 Å². The van der Waals surface area contributed by atoms with E-state index >= 15 is 0 Å². The number of ketones is 1. The van der Waals surface area contributed by atoms with Crippen molar-refractivity contribution in [1.29, 1.82) is 5.26 Å². The van der Waals surface area contributed by atoms with Crippen molar-refractivity contribution in [3.8, 4) is 17.2 Å². The molecule has 2 aromatic rings. The fraction of sp³-hybridized carbons (Fsp3) is 0.269. The average molecular weight is 412 g/mol. The summed E-state index contributed by atoms with van der Waals surface area (Å²) in [5.74, 6) is -1.10. The van der Waals surface area contributed by atoms with Crippen LogP contribution in [-0.2, 0) is 9.53 Å². The van der Waals surface area contributed by atoms with E-state index < -0.39 is 11.9 Å². The molecule has 4 rings (SSSR count). The van der Waals surface area contributed by atoms with Crippen molar-refractivity contribution >= 4 is 11.8 Å². The number of nitriles is 1. The van der Waals surface area contributed by atoms with Gasteiger partial charge in [0.2, 0.25) is 0 Å². The zero-order valence-electron chi connectivity index (χ0n) is 18.1. The third kappa shape index (κ3) is 3.25. The summed E-state index contributed by atoms with van der Waals surface area (Å²) in [4.78, 5) is 26.2. The number of nitrogens with one attached hydrogen (secondary N) is 1. The summed E-state index contributed by atoms with van der Waals surface area (Å²) >= 11 is 0. The van der Waals surface area contributed by atoms with E-state index in [1.807, 2.05) is 64.1 Å². The quantitative estimate of drug-likeness (QED) is 0.610. The van der Waals surface area contributed by atoms with Gasteiger partial charge in [0, 0.05) is 22.5 Å². The van der Waals surface area contributed by atoms with Crippen LogP contribution in [0.25, 0.3) is 11.1 Å². The second-order valence-electron chi connectivity index (χ2n) is 8.02. The van der Waals surface area contributed by atoms with Crippen molar-refractivity contribution in [2.24, 2.45) is 0 Å². The average Bonchev–Trinajstić information content (AvgIpc) is 3.05. The summed E-state index contributed by atoms with van der Waals surface area (Å²) in [6.45, 7) is 7.45. The Morgan fingerprint density at radius 3 is 2.45 bits per heavy atom. The molecular formula is C26H24N2O3. The molecule has 1 aliphatic heterocycles. The van der Waals surface area contributed by atoms with Crippen LogP contribution in [0.3, 0.4) is 0 Å². The first-order valence-electron chi connectivity index (χ1n) is 10.5. The first kappa shape index (κ1) is 20.6. The Hall–Kier alpha value is -3.65. The molecule has 1 N–H and O–H groups in total. The number of benzene rings is 2. The fourth-order valence-corrected chi connectivity index (χ4v) is 4.40. The number of dihydropyridines is 1. The first-order chi connectivity index (χ1) is 14.9. The molecule has 1 heterocycles. The minimum Gasteiger partial charge on any atom is -0.459 e. The van der Waals surface area contributed by atoms with Gasteiger partial charge < -0.3 is 10.1 Å². The number of hydrogen-bond donors (Lipinski definition) is 1. The highest BCUT2D eigenvalue weighted by Gasteiger charge is 2.39. The van der Waals surface area contributed by atoms with Crippen LogP contribution < -0.4 is 5.32 Å². The molecule has 0 saturated heterocycles. The summed E-state index contributed by atoms with van der Waals surface area (Å²) in [6.07, 6.45) is 0.452. The van der Waals surface area contributed by atoms with Gasteiger partial charge in [-0.05, 0) is 43.9 Å². The zero-order chi connectivity index (χ0) is 22.3. The van der Waals surface area contributed by atoms with E-state index in [-0.39, 0.29) is 11.9 Å². The van der Waals surface area contributed by atoms with Gasteiger partial charge in [-0.3, -0.25) is 4.79 Å². The first-order valence-corrected chi connectivity index (χ1v) is 10.5. The van der Waals surface area contributed by atoms with Crippen molar-refractivity contribution in [2.45, 2.75) is 46.1 Å². The molecule has 1 unspecified atom stereocenters. The van der Waals surface area contributed by atoms with E-state index in [1.165, 1.54) is 0 Å². The normalized spacial score (nSPS) is 18.2. The van der Waals surface area contributed by atoms with Crippen LogP contribution in [0, 0.1) is 11.3 Å². The molecule has 0 aromatic heterocycles. The maximum atomic E-state index is 13.2. The Kier molecular flexibility index (Phi) is 5.24. The lowest BCUT2D eigenvalue weighted by Crippen LogP contribution is -2.30. The van der Waals surface area contributed by atoms with Gasteiger partial charge in [-0.1, -0.05) is 49.4 Å². The molecule has 31 heavy (non-hydrogen) atoms. The fourth-order valence-electron chi connectivity index (χ4n) is 4.40. The standard InChI is InChI=1S/C26H24N2O3/c1-5-14(2)31-26(30)22-16(4)28-15(3)21(13-27)24(22)19-11-8-12-20-23(19)17-9-6-7-10-18(17)25(20)29/h6-12,14,24,28H,5H2,1-4H3/t14-,24?/m0/s1. The van der Waals surface area contributed by atoms with Crippen LogP contribution in [0.2, 0.25) is 0 Å². The van der Waals surface area contributed by atoms with Crippen LogP contribution in [0.15, 0.2) is 65.0 Å². The molecule has 0 saturated carbocycles. The van der Waals surface area contributed by atoms with Gasteiger partial charge >= 0.3 is 5.97 Å². The third-order valence-corrected chi connectivity index (χ3v) is 6.08. The van der Waals surface area contributed by atoms with Crippen LogP contribution >= 0.6 is 0 Å². The molecular weight excluding hydrogens is 388 g/mol. The Bertz CT molecular complexity index is 1210. The van der Waals surface area contributed by atoms with Crippen LogP contribution in [0.1, 0.15) is 61.5 Å². The number of fused-ring (bicyclic) bond motifs is 3. The van der Waals surface area contributed by atoms with E-state index in [2.05, 4.69) is 11.4 Å². The second-order valence-corrected chi connectivity index (χ2v) is 8.02. The number of allylic oxidation sites excluding steroid dienone is 3. The monoisotopic (exact) mass is 412 g/mol. The second kappa shape index (κ2) is 7.88. The number of esters is 1. The maximum absolute atomic E-state index is 13.2. The van der Waals surface area contributed by atoms with Gasteiger partial charge in [0.25, 0.3) is 0 Å². The van der Waals surface area contributed by atoms with E-state index in [1.54, 1.807) is 6.07 Å². The van der Waals surface area contributed by atoms with Gasteiger partial charge in [-0.25, -0.2) is 4.79 Å². The molecule has 2 aromatic carbocycles. The minimum atomic E-state index is -0.614. The van der Waals surface area contributed by atoms with Crippen molar-refractivity contribution < 1.29 is 14.3 Å². The largest absolute Gasteiger partial charge is 0.459 e. The van der Waals surface area contributed by atoms with E-state index in [4.69, 9.17) is 4.74 Å². The number of ether oxygens (including phenoxy) is 1. The van der Waals surface area contributed by atoms with Crippen molar-refractivity contribution in [3.63, 3.8) is 0 Å². The summed E-state index contributed by atoms with van der Waals surface area (Å²) < 4.78 is 5.66. The molecule has 0 spiro atoms. The highest BCUT2D eigenvalue weighted by atomic mass is 16.5. The Morgan fingerprint density at radius 1 is 1.10 bits per heavy atom. The van der Waals surface area contributed by atoms with Gasteiger partial charge in [0.1, 0.15) is 0 Å². The molecule has 2 aliphatic rings.